The molecule has 0 spiro atoms. The summed E-state index contributed by atoms with van der Waals surface area (Å²) in [7, 11) is 0. The molecule has 1 fully saturated rings. The Morgan fingerprint density at radius 3 is 1.93 bits per heavy atom. The van der Waals surface area contributed by atoms with E-state index in [0.29, 0.717) is 12.8 Å². The molecule has 4 atom stereocenters. The van der Waals surface area contributed by atoms with Crippen LogP contribution in [-0.2, 0) is 22.4 Å². The van der Waals surface area contributed by atoms with Gasteiger partial charge in [-0.1, -0.05) is 60.7 Å². The molecule has 1 aliphatic rings. The lowest BCUT2D eigenvalue weighted by molar-refractivity contribution is -0.155. The molecule has 1 saturated heterocycles. The minimum atomic E-state index is -1.04. The van der Waals surface area contributed by atoms with Crippen LogP contribution in [-0.4, -0.2) is 41.4 Å². The Bertz CT molecular complexity index is 766. The lowest BCUT2D eigenvalue weighted by Crippen LogP contribution is -2.51. The quantitative estimate of drug-likeness (QED) is 0.703. The third-order valence-electron chi connectivity index (χ3n) is 4.68. The highest BCUT2D eigenvalue weighted by Crippen LogP contribution is 2.19. The maximum Gasteiger partial charge on any atom is 0.315 e. The van der Waals surface area contributed by atoms with Crippen molar-refractivity contribution in [1.29, 1.82) is 0 Å². The van der Waals surface area contributed by atoms with Gasteiger partial charge < -0.3 is 20.5 Å². The SMILES string of the molecule is CC(=O)O[C@H]1[C@@H](O)[C@@H](Cc2ccccc2)NC(=O)N[C@@H]1Cc1ccccc1. The number of aliphatic hydroxyl groups is 1. The fourth-order valence-corrected chi connectivity index (χ4v) is 3.43. The molecule has 27 heavy (non-hydrogen) atoms. The lowest BCUT2D eigenvalue weighted by Gasteiger charge is -2.30. The van der Waals surface area contributed by atoms with E-state index in [1.54, 1.807) is 0 Å². The summed E-state index contributed by atoms with van der Waals surface area (Å²) in [6, 6.07) is 17.7. The first kappa shape index (κ1) is 18.9. The van der Waals surface area contributed by atoms with Gasteiger partial charge in [0.15, 0.2) is 0 Å². The fraction of sp³-hybridized carbons (Fsp3) is 0.333. The molecule has 6 heteroatoms. The van der Waals surface area contributed by atoms with E-state index in [9.17, 15) is 14.7 Å². The van der Waals surface area contributed by atoms with Gasteiger partial charge in [0.05, 0.1) is 12.1 Å². The highest BCUT2D eigenvalue weighted by atomic mass is 16.6. The molecule has 0 bridgehead atoms. The predicted octanol–water partition coefficient (Wildman–Crippen LogP) is 1.81. The van der Waals surface area contributed by atoms with Crippen LogP contribution in [0.4, 0.5) is 4.79 Å². The molecule has 0 aliphatic carbocycles. The summed E-state index contributed by atoms with van der Waals surface area (Å²) >= 11 is 0. The first-order valence-corrected chi connectivity index (χ1v) is 9.03. The van der Waals surface area contributed by atoms with Crippen molar-refractivity contribution in [2.45, 2.75) is 44.1 Å². The molecule has 6 nitrogen and oxygen atoms in total. The van der Waals surface area contributed by atoms with Crippen LogP contribution in [0.1, 0.15) is 18.1 Å². The summed E-state index contributed by atoms with van der Waals surface area (Å²) in [5, 5.41) is 16.6. The first-order chi connectivity index (χ1) is 13.0. The van der Waals surface area contributed by atoms with Gasteiger partial charge in [-0.3, -0.25) is 4.79 Å². The highest BCUT2D eigenvalue weighted by molar-refractivity contribution is 5.75. The highest BCUT2D eigenvalue weighted by Gasteiger charge is 2.40. The molecule has 1 aliphatic heterocycles. The number of hydrogen-bond acceptors (Lipinski definition) is 4. The number of ether oxygens (including phenoxy) is 1. The van der Waals surface area contributed by atoms with E-state index in [0.717, 1.165) is 11.1 Å². The smallest absolute Gasteiger partial charge is 0.315 e. The molecule has 0 aromatic heterocycles. The normalized spacial score (nSPS) is 25.0. The zero-order valence-electron chi connectivity index (χ0n) is 15.2. The third kappa shape index (κ3) is 5.08. The van der Waals surface area contributed by atoms with Crippen LogP contribution in [0.15, 0.2) is 60.7 Å². The van der Waals surface area contributed by atoms with Gasteiger partial charge in [0.1, 0.15) is 12.2 Å². The first-order valence-electron chi connectivity index (χ1n) is 9.03. The zero-order chi connectivity index (χ0) is 19.2. The summed E-state index contributed by atoms with van der Waals surface area (Å²) in [6.45, 7) is 1.30. The Balaban J connectivity index is 1.84. The molecular weight excluding hydrogens is 344 g/mol. The fourth-order valence-electron chi connectivity index (χ4n) is 3.43. The van der Waals surface area contributed by atoms with Gasteiger partial charge in [-0.2, -0.15) is 0 Å². The maximum absolute atomic E-state index is 12.4. The lowest BCUT2D eigenvalue weighted by atomic mass is 9.92. The second kappa shape index (κ2) is 8.68. The van der Waals surface area contributed by atoms with E-state index in [-0.39, 0.29) is 6.03 Å². The Labute approximate surface area is 158 Å². The van der Waals surface area contributed by atoms with E-state index in [2.05, 4.69) is 10.6 Å². The Morgan fingerprint density at radius 1 is 0.926 bits per heavy atom. The predicted molar refractivity (Wildman–Crippen MR) is 101 cm³/mol. The van der Waals surface area contributed by atoms with E-state index in [4.69, 9.17) is 4.74 Å². The van der Waals surface area contributed by atoms with Gasteiger partial charge in [0.2, 0.25) is 0 Å². The molecule has 0 unspecified atom stereocenters. The number of carbonyl (C=O) groups is 2. The van der Waals surface area contributed by atoms with Gasteiger partial charge in [-0.15, -0.1) is 0 Å². The summed E-state index contributed by atoms with van der Waals surface area (Å²) in [5.41, 5.74) is 1.96. The van der Waals surface area contributed by atoms with Gasteiger partial charge in [0, 0.05) is 6.92 Å². The van der Waals surface area contributed by atoms with Crippen molar-refractivity contribution in [3.8, 4) is 0 Å². The average Bonchev–Trinajstić information content (AvgIpc) is 2.75. The van der Waals surface area contributed by atoms with E-state index in [1.807, 2.05) is 60.7 Å². The van der Waals surface area contributed by atoms with Crippen LogP contribution in [0.2, 0.25) is 0 Å². The van der Waals surface area contributed by atoms with Gasteiger partial charge in [-0.05, 0) is 24.0 Å². The number of carbonyl (C=O) groups excluding carboxylic acids is 2. The van der Waals surface area contributed by atoms with Crippen molar-refractivity contribution < 1.29 is 19.4 Å². The van der Waals surface area contributed by atoms with Gasteiger partial charge in [-0.25, -0.2) is 4.79 Å². The van der Waals surface area contributed by atoms with Crippen molar-refractivity contribution in [3.63, 3.8) is 0 Å². The van der Waals surface area contributed by atoms with Crippen LogP contribution in [0.5, 0.6) is 0 Å². The zero-order valence-corrected chi connectivity index (χ0v) is 15.2. The average molecular weight is 368 g/mol. The monoisotopic (exact) mass is 368 g/mol. The van der Waals surface area contributed by atoms with E-state index < -0.39 is 30.3 Å². The molecule has 2 amide bonds. The second-order valence-corrected chi connectivity index (χ2v) is 6.77. The van der Waals surface area contributed by atoms with Gasteiger partial charge >= 0.3 is 12.0 Å². The standard InChI is InChI=1S/C21H24N2O4/c1-14(24)27-20-18(13-16-10-6-3-7-11-16)23-21(26)22-17(19(20)25)12-15-8-4-2-5-9-15/h2-11,17-20,25H,12-13H2,1H3,(H2,22,23,26)/t17-,18-,19+,20-/m1/s1. The molecule has 3 rings (SSSR count). The molecule has 0 saturated carbocycles. The third-order valence-corrected chi connectivity index (χ3v) is 4.68. The Hall–Kier alpha value is -2.86. The van der Waals surface area contributed by atoms with Crippen LogP contribution < -0.4 is 10.6 Å². The van der Waals surface area contributed by atoms with Crippen LogP contribution >= 0.6 is 0 Å². The molecule has 142 valence electrons. The largest absolute Gasteiger partial charge is 0.457 e. The number of esters is 1. The molecule has 2 aromatic rings. The molecule has 3 N–H and O–H groups in total. The second-order valence-electron chi connectivity index (χ2n) is 6.77. The van der Waals surface area contributed by atoms with Crippen molar-refractivity contribution >= 4 is 12.0 Å². The summed E-state index contributed by atoms with van der Waals surface area (Å²) in [4.78, 5) is 24.0. The minimum Gasteiger partial charge on any atom is -0.457 e. The number of hydrogen-bond donors (Lipinski definition) is 3. The molecule has 2 aromatic carbocycles. The Kier molecular flexibility index (Phi) is 6.08. The number of urea groups is 1. The van der Waals surface area contributed by atoms with Crippen molar-refractivity contribution in [3.05, 3.63) is 71.8 Å². The van der Waals surface area contributed by atoms with Gasteiger partial charge in [0.25, 0.3) is 0 Å². The van der Waals surface area contributed by atoms with E-state index in [1.165, 1.54) is 6.92 Å². The van der Waals surface area contributed by atoms with Crippen molar-refractivity contribution in [1.82, 2.24) is 10.6 Å². The molecular formula is C21H24N2O4. The Morgan fingerprint density at radius 2 is 1.41 bits per heavy atom. The minimum absolute atomic E-state index is 0.384. The number of benzene rings is 2. The number of nitrogens with one attached hydrogen (secondary N) is 2. The van der Waals surface area contributed by atoms with Crippen LogP contribution in [0.25, 0.3) is 0 Å². The van der Waals surface area contributed by atoms with Crippen LogP contribution in [0, 0.1) is 0 Å². The number of aliphatic hydroxyl groups excluding tert-OH is 1. The maximum atomic E-state index is 12.4. The van der Waals surface area contributed by atoms with Crippen molar-refractivity contribution in [2.75, 3.05) is 0 Å². The molecule has 0 radical (unpaired) electrons. The van der Waals surface area contributed by atoms with Crippen LogP contribution in [0.3, 0.4) is 0 Å². The number of amides is 2. The summed E-state index contributed by atoms with van der Waals surface area (Å²) < 4.78 is 5.44. The topological polar surface area (TPSA) is 87.7 Å². The molecule has 1 heterocycles. The van der Waals surface area contributed by atoms with E-state index >= 15 is 0 Å². The number of rotatable bonds is 5. The van der Waals surface area contributed by atoms with Crippen molar-refractivity contribution in [2.24, 2.45) is 0 Å². The summed E-state index contributed by atoms with van der Waals surface area (Å²) in [5.74, 6) is -0.494. The summed E-state index contributed by atoms with van der Waals surface area (Å²) in [6.07, 6.45) is -1.01.